The van der Waals surface area contributed by atoms with Crippen LogP contribution in [0, 0.1) is 24.1 Å². The summed E-state index contributed by atoms with van der Waals surface area (Å²) in [4.78, 5) is 21.4. The van der Waals surface area contributed by atoms with Crippen LogP contribution in [0.3, 0.4) is 0 Å². The van der Waals surface area contributed by atoms with E-state index in [2.05, 4.69) is 16.0 Å². The number of halogens is 2. The number of aryl methyl sites for hydroxylation is 2. The maximum Gasteiger partial charge on any atom is 0.270 e. The number of fused-ring (bicyclic) bond motifs is 1. The van der Waals surface area contributed by atoms with Gasteiger partial charge in [-0.05, 0) is 42.3 Å². The van der Waals surface area contributed by atoms with Crippen LogP contribution in [0.25, 0.3) is 11.0 Å². The van der Waals surface area contributed by atoms with Gasteiger partial charge in [0.1, 0.15) is 28.1 Å². The van der Waals surface area contributed by atoms with E-state index in [1.54, 1.807) is 25.2 Å². The third-order valence-electron chi connectivity index (χ3n) is 5.49. The van der Waals surface area contributed by atoms with Crippen molar-refractivity contribution in [2.45, 2.75) is 13.5 Å². The molecular formula is C22H21ClFN5O. The highest BCUT2D eigenvalue weighted by Crippen LogP contribution is 2.29. The normalized spacial score (nSPS) is 14.8. The largest absolute Gasteiger partial charge is 0.366 e. The molecule has 4 rings (SSSR count). The van der Waals surface area contributed by atoms with E-state index < -0.39 is 0 Å². The molecule has 0 aliphatic carbocycles. The molecular weight excluding hydrogens is 405 g/mol. The molecule has 1 saturated heterocycles. The fourth-order valence-corrected chi connectivity index (χ4v) is 4.22. The summed E-state index contributed by atoms with van der Waals surface area (Å²) in [5.74, 6) is -0.225. The molecule has 2 aromatic heterocycles. The zero-order valence-corrected chi connectivity index (χ0v) is 17.6. The van der Waals surface area contributed by atoms with Crippen LogP contribution in [0.4, 0.5) is 10.1 Å². The number of aromatic nitrogens is 2. The van der Waals surface area contributed by atoms with Crippen molar-refractivity contribution in [2.24, 2.45) is 7.05 Å². The molecule has 6 nitrogen and oxygen atoms in total. The molecule has 3 aromatic rings. The first-order valence-electron chi connectivity index (χ1n) is 9.70. The second kappa shape index (κ2) is 8.05. The molecule has 0 bridgehead atoms. The summed E-state index contributed by atoms with van der Waals surface area (Å²) in [7, 11) is 1.63. The Labute approximate surface area is 178 Å². The van der Waals surface area contributed by atoms with Gasteiger partial charge < -0.3 is 9.47 Å². The van der Waals surface area contributed by atoms with Crippen LogP contribution in [0.2, 0.25) is 5.15 Å². The van der Waals surface area contributed by atoms with Crippen molar-refractivity contribution in [1.82, 2.24) is 14.5 Å². The van der Waals surface area contributed by atoms with Crippen LogP contribution < -0.4 is 10.5 Å². The van der Waals surface area contributed by atoms with Gasteiger partial charge in [-0.3, -0.25) is 9.69 Å². The van der Waals surface area contributed by atoms with E-state index in [9.17, 15) is 14.4 Å². The van der Waals surface area contributed by atoms with Gasteiger partial charge in [-0.25, -0.2) is 9.37 Å². The highest BCUT2D eigenvalue weighted by molar-refractivity contribution is 6.29. The Kier molecular flexibility index (Phi) is 5.46. The van der Waals surface area contributed by atoms with Crippen LogP contribution in [-0.2, 0) is 13.6 Å². The number of benzene rings is 1. The monoisotopic (exact) mass is 425 g/mol. The third-order valence-corrected chi connectivity index (χ3v) is 5.70. The highest BCUT2D eigenvalue weighted by Gasteiger charge is 2.25. The standard InChI is InChI=1S/C22H21ClFN5O/c1-14-9-15(11-16(24)10-14)13-28-5-7-29(8-6-28)21-17(12-25)22(30)27(2)18-3-4-19(23)26-20(18)21/h3-4,9-11H,5-8,13H2,1-2H3. The molecule has 154 valence electrons. The van der Waals surface area contributed by atoms with Gasteiger partial charge in [-0.2, -0.15) is 5.26 Å². The number of hydrogen-bond donors (Lipinski definition) is 0. The molecule has 3 heterocycles. The minimum absolute atomic E-state index is 0.0778. The lowest BCUT2D eigenvalue weighted by Crippen LogP contribution is -2.47. The van der Waals surface area contributed by atoms with E-state index >= 15 is 0 Å². The molecule has 0 spiro atoms. The fraction of sp³-hybridized carbons (Fsp3) is 0.318. The summed E-state index contributed by atoms with van der Waals surface area (Å²) in [5, 5.41) is 10.00. The molecule has 0 unspecified atom stereocenters. The third kappa shape index (κ3) is 3.76. The Morgan fingerprint density at radius 1 is 1.20 bits per heavy atom. The Hall–Kier alpha value is -2.95. The lowest BCUT2D eigenvalue weighted by molar-refractivity contribution is 0.249. The van der Waals surface area contributed by atoms with E-state index in [-0.39, 0.29) is 16.9 Å². The number of anilines is 1. The van der Waals surface area contributed by atoms with Crippen LogP contribution in [-0.4, -0.2) is 40.6 Å². The lowest BCUT2D eigenvalue weighted by Gasteiger charge is -2.36. The summed E-state index contributed by atoms with van der Waals surface area (Å²) in [6.07, 6.45) is 0. The number of rotatable bonds is 3. The summed E-state index contributed by atoms with van der Waals surface area (Å²) in [6, 6.07) is 10.5. The van der Waals surface area contributed by atoms with Crippen molar-refractivity contribution in [3.63, 3.8) is 0 Å². The molecule has 0 saturated carbocycles. The summed E-state index contributed by atoms with van der Waals surface area (Å²) >= 11 is 6.12. The van der Waals surface area contributed by atoms with Crippen molar-refractivity contribution in [1.29, 1.82) is 5.26 Å². The van der Waals surface area contributed by atoms with Gasteiger partial charge in [0.2, 0.25) is 0 Å². The lowest BCUT2D eigenvalue weighted by atomic mass is 10.1. The average molecular weight is 426 g/mol. The van der Waals surface area contributed by atoms with E-state index in [1.165, 1.54) is 10.6 Å². The zero-order chi connectivity index (χ0) is 21.4. The molecule has 30 heavy (non-hydrogen) atoms. The maximum absolute atomic E-state index is 13.7. The number of hydrogen-bond acceptors (Lipinski definition) is 5. The molecule has 1 aliphatic rings. The molecule has 0 amide bonds. The van der Waals surface area contributed by atoms with Gasteiger partial charge in [-0.15, -0.1) is 0 Å². The Balaban J connectivity index is 1.63. The first kappa shape index (κ1) is 20.3. The number of piperazine rings is 1. The van der Waals surface area contributed by atoms with E-state index in [0.717, 1.165) is 24.2 Å². The summed E-state index contributed by atoms with van der Waals surface area (Å²) < 4.78 is 15.1. The van der Waals surface area contributed by atoms with Crippen LogP contribution in [0.5, 0.6) is 0 Å². The fourth-order valence-electron chi connectivity index (χ4n) is 4.07. The molecule has 1 aromatic carbocycles. The average Bonchev–Trinajstić information content (AvgIpc) is 2.70. The predicted octanol–water partition coefficient (Wildman–Crippen LogP) is 3.23. The zero-order valence-electron chi connectivity index (χ0n) is 16.8. The van der Waals surface area contributed by atoms with Crippen molar-refractivity contribution < 1.29 is 4.39 Å². The van der Waals surface area contributed by atoms with Gasteiger partial charge in [0.15, 0.2) is 0 Å². The summed E-state index contributed by atoms with van der Waals surface area (Å²) in [6.45, 7) is 5.22. The van der Waals surface area contributed by atoms with Crippen LogP contribution in [0.1, 0.15) is 16.7 Å². The minimum Gasteiger partial charge on any atom is -0.366 e. The van der Waals surface area contributed by atoms with Gasteiger partial charge in [-0.1, -0.05) is 17.7 Å². The SMILES string of the molecule is Cc1cc(F)cc(CN2CCN(c3c(C#N)c(=O)n(C)c4ccc(Cl)nc34)CC2)c1. The molecule has 0 N–H and O–H groups in total. The Morgan fingerprint density at radius 3 is 2.60 bits per heavy atom. The molecule has 1 fully saturated rings. The number of nitriles is 1. The van der Waals surface area contributed by atoms with Crippen LogP contribution >= 0.6 is 11.6 Å². The molecule has 1 aliphatic heterocycles. The number of nitrogens with zero attached hydrogens (tertiary/aromatic N) is 5. The van der Waals surface area contributed by atoms with Crippen molar-refractivity contribution in [3.05, 3.63) is 68.3 Å². The molecule has 8 heteroatoms. The van der Waals surface area contributed by atoms with Gasteiger partial charge in [0, 0.05) is 39.8 Å². The predicted molar refractivity (Wildman–Crippen MR) is 115 cm³/mol. The van der Waals surface area contributed by atoms with Crippen molar-refractivity contribution in [2.75, 3.05) is 31.1 Å². The van der Waals surface area contributed by atoms with E-state index in [4.69, 9.17) is 11.6 Å². The van der Waals surface area contributed by atoms with Crippen molar-refractivity contribution in [3.8, 4) is 6.07 Å². The minimum atomic E-state index is -0.346. The first-order valence-corrected chi connectivity index (χ1v) is 10.1. The second-order valence-electron chi connectivity index (χ2n) is 7.60. The smallest absolute Gasteiger partial charge is 0.270 e. The quantitative estimate of drug-likeness (QED) is 0.603. The van der Waals surface area contributed by atoms with Crippen LogP contribution in [0.15, 0.2) is 35.1 Å². The molecule has 0 radical (unpaired) electrons. The van der Waals surface area contributed by atoms with Gasteiger partial charge >= 0.3 is 0 Å². The van der Waals surface area contributed by atoms with Gasteiger partial charge in [0.05, 0.1) is 11.2 Å². The van der Waals surface area contributed by atoms with E-state index in [0.29, 0.717) is 41.5 Å². The molecule has 0 atom stereocenters. The second-order valence-corrected chi connectivity index (χ2v) is 7.99. The van der Waals surface area contributed by atoms with Gasteiger partial charge in [0.25, 0.3) is 5.56 Å². The topological polar surface area (TPSA) is 65.2 Å². The maximum atomic E-state index is 13.7. The Morgan fingerprint density at radius 2 is 1.93 bits per heavy atom. The number of pyridine rings is 2. The first-order chi connectivity index (χ1) is 14.4. The summed E-state index contributed by atoms with van der Waals surface area (Å²) in [5.41, 5.74) is 3.30. The Bertz CT molecular complexity index is 1200. The van der Waals surface area contributed by atoms with E-state index in [1.807, 2.05) is 17.9 Å². The highest BCUT2D eigenvalue weighted by atomic mass is 35.5. The van der Waals surface area contributed by atoms with Crippen molar-refractivity contribution >= 4 is 28.3 Å².